The molecule has 0 unspecified atom stereocenters. The van der Waals surface area contributed by atoms with Gasteiger partial charge in [-0.2, -0.15) is 0 Å². The maximum atomic E-state index is 4.32. The van der Waals surface area contributed by atoms with Crippen molar-refractivity contribution in [2.45, 2.75) is 33.7 Å². The predicted molar refractivity (Wildman–Crippen MR) is 73.3 cm³/mol. The molecule has 2 aromatic heterocycles. The molecule has 17 heavy (non-hydrogen) atoms. The number of H-pyrrole nitrogens is 1. The molecule has 0 saturated heterocycles. The average Bonchev–Trinajstić information content (AvgIpc) is 2.76. The lowest BCUT2D eigenvalue weighted by atomic mass is 10.1. The number of fused-ring (bicyclic) bond motifs is 2. The molecule has 0 aliphatic carbocycles. The van der Waals surface area contributed by atoms with E-state index in [1.165, 1.54) is 16.3 Å². The number of nitrogens with zero attached hydrogens (tertiary/aromatic N) is 2. The summed E-state index contributed by atoms with van der Waals surface area (Å²) in [6.07, 6.45) is 3.89. The van der Waals surface area contributed by atoms with Crippen molar-refractivity contribution in [2.75, 3.05) is 0 Å². The minimum absolute atomic E-state index is 0. The van der Waals surface area contributed by atoms with Gasteiger partial charge in [0.05, 0.1) is 16.6 Å². The summed E-state index contributed by atoms with van der Waals surface area (Å²) in [5.74, 6) is 0. The number of hydrogen-bond donors (Lipinski definition) is 1. The van der Waals surface area contributed by atoms with Crippen LogP contribution in [0.2, 0.25) is 0 Å². The molecule has 2 heterocycles. The van der Waals surface area contributed by atoms with Gasteiger partial charge in [-0.05, 0) is 39.0 Å². The van der Waals surface area contributed by atoms with Crippen molar-refractivity contribution < 1.29 is 0 Å². The predicted octanol–water partition coefficient (Wildman–Crippen LogP) is 3.91. The molecule has 1 aromatic carbocycles. The Kier molecular flexibility index (Phi) is 2.49. The minimum atomic E-state index is 0. The molecular formula is C14H19N3. The van der Waals surface area contributed by atoms with E-state index in [1.807, 2.05) is 12.4 Å². The van der Waals surface area contributed by atoms with Crippen LogP contribution in [0.4, 0.5) is 0 Å². The Bertz CT molecular complexity index is 653. The van der Waals surface area contributed by atoms with E-state index in [4.69, 9.17) is 0 Å². The van der Waals surface area contributed by atoms with E-state index in [2.05, 4.69) is 53.7 Å². The summed E-state index contributed by atoms with van der Waals surface area (Å²) < 4.78 is 2.19. The van der Waals surface area contributed by atoms with Gasteiger partial charge in [0, 0.05) is 23.2 Å². The second-order valence-corrected chi connectivity index (χ2v) is 5.19. The highest BCUT2D eigenvalue weighted by atomic mass is 15.3. The third-order valence-corrected chi connectivity index (χ3v) is 2.90. The van der Waals surface area contributed by atoms with E-state index in [0.717, 1.165) is 5.52 Å². The Morgan fingerprint density at radius 2 is 1.94 bits per heavy atom. The summed E-state index contributed by atoms with van der Waals surface area (Å²) in [4.78, 5) is 4.32. The molecule has 3 heteroatoms. The van der Waals surface area contributed by atoms with Gasteiger partial charge in [0.2, 0.25) is 0 Å². The normalized spacial score (nSPS) is 11.9. The zero-order chi connectivity index (χ0) is 11.3. The molecule has 0 saturated carbocycles. The minimum Gasteiger partial charge on any atom is -0.304 e. The van der Waals surface area contributed by atoms with Crippen LogP contribution >= 0.6 is 0 Å². The number of rotatable bonds is 0. The van der Waals surface area contributed by atoms with Crippen molar-refractivity contribution >= 4 is 21.8 Å². The van der Waals surface area contributed by atoms with Crippen molar-refractivity contribution in [2.24, 2.45) is 0 Å². The standard InChI is InChI=1S/C13H15N3.CH4/c1-13(2,3)16-12-7-9-4-5-14-11(9)6-10(12)8-15-16;/h4-8,15H,1-3H3;1H4. The fourth-order valence-electron chi connectivity index (χ4n) is 2.12. The van der Waals surface area contributed by atoms with Crippen molar-refractivity contribution in [3.63, 3.8) is 0 Å². The fourth-order valence-corrected chi connectivity index (χ4v) is 2.12. The second-order valence-electron chi connectivity index (χ2n) is 5.19. The highest BCUT2D eigenvalue weighted by Crippen LogP contribution is 2.25. The van der Waals surface area contributed by atoms with Crippen LogP contribution < -0.4 is 0 Å². The largest absolute Gasteiger partial charge is 0.304 e. The number of hydrogen-bond acceptors (Lipinski definition) is 1. The van der Waals surface area contributed by atoms with Gasteiger partial charge in [-0.15, -0.1) is 0 Å². The SMILES string of the molecule is C.CC(C)(C)n1[nH]cc2cc3nccc3cc21. The lowest BCUT2D eigenvalue weighted by Crippen LogP contribution is -2.22. The van der Waals surface area contributed by atoms with Crippen molar-refractivity contribution in [3.8, 4) is 0 Å². The highest BCUT2D eigenvalue weighted by Gasteiger charge is 2.16. The zero-order valence-electron chi connectivity index (χ0n) is 9.78. The van der Waals surface area contributed by atoms with Gasteiger partial charge < -0.3 is 5.10 Å². The number of benzene rings is 1. The van der Waals surface area contributed by atoms with Gasteiger partial charge in [0.15, 0.2) is 0 Å². The first kappa shape index (κ1) is 11.7. The first-order valence-corrected chi connectivity index (χ1v) is 5.51. The molecule has 3 aromatic rings. The lowest BCUT2D eigenvalue weighted by Gasteiger charge is -2.21. The summed E-state index contributed by atoms with van der Waals surface area (Å²) >= 11 is 0. The van der Waals surface area contributed by atoms with Gasteiger partial charge in [-0.1, -0.05) is 7.43 Å². The Morgan fingerprint density at radius 1 is 1.18 bits per heavy atom. The summed E-state index contributed by atoms with van der Waals surface area (Å²) in [7, 11) is 0. The van der Waals surface area contributed by atoms with E-state index in [0.29, 0.717) is 0 Å². The molecule has 0 amide bonds. The van der Waals surface area contributed by atoms with Gasteiger partial charge in [0.25, 0.3) is 0 Å². The average molecular weight is 229 g/mol. The monoisotopic (exact) mass is 229 g/mol. The van der Waals surface area contributed by atoms with Crippen LogP contribution in [0, 0.1) is 0 Å². The van der Waals surface area contributed by atoms with Crippen LogP contribution in [0.3, 0.4) is 0 Å². The van der Waals surface area contributed by atoms with Crippen LogP contribution in [0.15, 0.2) is 30.6 Å². The van der Waals surface area contributed by atoms with Gasteiger partial charge in [0.1, 0.15) is 0 Å². The molecule has 0 fully saturated rings. The Hall–Kier alpha value is -1.77. The first-order chi connectivity index (χ1) is 7.55. The van der Waals surface area contributed by atoms with E-state index >= 15 is 0 Å². The Morgan fingerprint density at radius 3 is 2.65 bits per heavy atom. The fraction of sp³-hybridized carbons (Fsp3) is 0.357. The summed E-state index contributed by atoms with van der Waals surface area (Å²) in [5, 5.41) is 5.72. The van der Waals surface area contributed by atoms with Gasteiger partial charge >= 0.3 is 0 Å². The zero-order valence-corrected chi connectivity index (χ0v) is 9.78. The van der Waals surface area contributed by atoms with Crippen LogP contribution in [0.25, 0.3) is 21.8 Å². The Labute approximate surface area is 101 Å². The van der Waals surface area contributed by atoms with E-state index < -0.39 is 0 Å². The van der Waals surface area contributed by atoms with Gasteiger partial charge in [-0.3, -0.25) is 9.67 Å². The third-order valence-electron chi connectivity index (χ3n) is 2.90. The molecule has 90 valence electrons. The van der Waals surface area contributed by atoms with Crippen molar-refractivity contribution in [1.29, 1.82) is 0 Å². The summed E-state index contributed by atoms with van der Waals surface area (Å²) in [6.45, 7) is 6.57. The molecule has 0 bridgehead atoms. The molecule has 0 radical (unpaired) electrons. The molecular weight excluding hydrogens is 210 g/mol. The van der Waals surface area contributed by atoms with Crippen molar-refractivity contribution in [3.05, 3.63) is 30.6 Å². The van der Waals surface area contributed by atoms with Gasteiger partial charge in [-0.25, -0.2) is 0 Å². The molecule has 0 atom stereocenters. The highest BCUT2D eigenvalue weighted by molar-refractivity contribution is 5.95. The molecule has 0 aliphatic rings. The lowest BCUT2D eigenvalue weighted by molar-refractivity contribution is 0.368. The van der Waals surface area contributed by atoms with Crippen molar-refractivity contribution in [1.82, 2.24) is 14.8 Å². The third kappa shape index (κ3) is 1.71. The van der Waals surface area contributed by atoms with Crippen LogP contribution in [-0.4, -0.2) is 14.8 Å². The van der Waals surface area contributed by atoms with E-state index in [1.54, 1.807) is 0 Å². The number of nitrogens with one attached hydrogen (secondary N) is 1. The van der Waals surface area contributed by atoms with Crippen LogP contribution in [-0.2, 0) is 5.54 Å². The van der Waals surface area contributed by atoms with E-state index in [-0.39, 0.29) is 13.0 Å². The maximum Gasteiger partial charge on any atom is 0.0710 e. The van der Waals surface area contributed by atoms with E-state index in [9.17, 15) is 0 Å². The number of aromatic nitrogens is 3. The summed E-state index contributed by atoms with van der Waals surface area (Å²) in [6, 6.07) is 6.37. The number of aromatic amines is 1. The molecule has 3 rings (SSSR count). The smallest absolute Gasteiger partial charge is 0.0710 e. The summed E-state index contributed by atoms with van der Waals surface area (Å²) in [5.41, 5.74) is 2.36. The quantitative estimate of drug-likeness (QED) is 0.623. The molecule has 3 nitrogen and oxygen atoms in total. The Balaban J connectivity index is 0.00000108. The second kappa shape index (κ2) is 3.62. The first-order valence-electron chi connectivity index (χ1n) is 5.51. The topological polar surface area (TPSA) is 33.6 Å². The molecule has 1 N–H and O–H groups in total. The molecule has 0 aliphatic heterocycles. The molecule has 0 spiro atoms. The van der Waals surface area contributed by atoms with Crippen LogP contribution in [0.1, 0.15) is 28.2 Å². The van der Waals surface area contributed by atoms with Crippen LogP contribution in [0.5, 0.6) is 0 Å². The maximum absolute atomic E-state index is 4.32.